The molecule has 0 bridgehead atoms. The number of nitrogens with two attached hydrogens (primary N) is 1. The van der Waals surface area contributed by atoms with Gasteiger partial charge in [0.2, 0.25) is 5.91 Å². The number of halogens is 2. The lowest BCUT2D eigenvalue weighted by Gasteiger charge is -2.03. The van der Waals surface area contributed by atoms with Gasteiger partial charge in [-0.1, -0.05) is 28.4 Å². The summed E-state index contributed by atoms with van der Waals surface area (Å²) in [7, 11) is 0. The molecule has 0 aliphatic carbocycles. The van der Waals surface area contributed by atoms with E-state index in [1.807, 2.05) is 0 Å². The highest BCUT2D eigenvalue weighted by Crippen LogP contribution is 2.23. The van der Waals surface area contributed by atoms with Crippen LogP contribution in [0.2, 0.25) is 10.0 Å². The quantitative estimate of drug-likeness (QED) is 0.887. The maximum absolute atomic E-state index is 11.0. The number of hydrogen-bond donors (Lipinski definition) is 2. The first-order chi connectivity index (χ1) is 9.10. The number of hydrogen-bond acceptors (Lipinski definition) is 4. The third-order valence-corrected chi connectivity index (χ3v) is 2.89. The number of nitrogens with one attached hydrogen (secondary N) is 1. The first kappa shape index (κ1) is 13.8. The zero-order valence-corrected chi connectivity index (χ0v) is 11.3. The molecule has 0 aliphatic rings. The summed E-state index contributed by atoms with van der Waals surface area (Å²) in [6.07, 6.45) is 1.67. The lowest BCUT2D eigenvalue weighted by Crippen LogP contribution is -2.29. The molecule has 1 aromatic carbocycles. The van der Waals surface area contributed by atoms with E-state index in [1.165, 1.54) is 4.68 Å². The summed E-state index contributed by atoms with van der Waals surface area (Å²) < 4.78 is 1.52. The van der Waals surface area contributed by atoms with Gasteiger partial charge in [0, 0.05) is 5.02 Å². The molecule has 2 aromatic rings. The van der Waals surface area contributed by atoms with Crippen molar-refractivity contribution in [2.45, 2.75) is 6.54 Å². The van der Waals surface area contributed by atoms with Crippen LogP contribution in [-0.2, 0) is 11.3 Å². The molecule has 3 N–H and O–H groups in total. The monoisotopic (exact) mass is 299 g/mol. The average molecular weight is 300 g/mol. The number of aromatic nitrogens is 3. The molecule has 0 saturated heterocycles. The Bertz CT molecular complexity index is 599. The van der Waals surface area contributed by atoms with Gasteiger partial charge in [0.05, 0.1) is 30.0 Å². The van der Waals surface area contributed by atoms with Crippen LogP contribution < -0.4 is 11.1 Å². The maximum Gasteiger partial charge on any atom is 0.234 e. The largest absolute Gasteiger partial charge is 0.349 e. The van der Waals surface area contributed by atoms with Gasteiger partial charge in [-0.25, -0.2) is 4.68 Å². The number of nitrogens with zero attached hydrogens (tertiary/aromatic N) is 3. The van der Waals surface area contributed by atoms with Gasteiger partial charge >= 0.3 is 0 Å². The third kappa shape index (κ3) is 3.44. The van der Waals surface area contributed by atoms with Crippen LogP contribution in [0.4, 0.5) is 0 Å². The van der Waals surface area contributed by atoms with Crippen molar-refractivity contribution in [3.05, 3.63) is 40.1 Å². The van der Waals surface area contributed by atoms with Crippen molar-refractivity contribution in [3.63, 3.8) is 0 Å². The molecule has 19 heavy (non-hydrogen) atoms. The van der Waals surface area contributed by atoms with Gasteiger partial charge in [-0.2, -0.15) is 0 Å². The van der Waals surface area contributed by atoms with Crippen LogP contribution >= 0.6 is 23.2 Å². The Morgan fingerprint density at radius 3 is 2.89 bits per heavy atom. The van der Waals surface area contributed by atoms with Gasteiger partial charge in [-0.15, -0.1) is 5.10 Å². The van der Waals surface area contributed by atoms with E-state index < -0.39 is 0 Å². The van der Waals surface area contributed by atoms with Gasteiger partial charge in [0.15, 0.2) is 0 Å². The molecule has 1 amide bonds. The topological polar surface area (TPSA) is 85.8 Å². The molecule has 2 rings (SSSR count). The fraction of sp³-hybridized carbons (Fsp3) is 0.182. The predicted molar refractivity (Wildman–Crippen MR) is 72.3 cm³/mol. The summed E-state index contributed by atoms with van der Waals surface area (Å²) in [5.41, 5.74) is 6.45. The molecule has 0 atom stereocenters. The third-order valence-electron chi connectivity index (χ3n) is 2.35. The second kappa shape index (κ2) is 6.01. The van der Waals surface area contributed by atoms with Crippen molar-refractivity contribution in [2.75, 3.05) is 6.54 Å². The number of benzene rings is 1. The molecule has 0 fully saturated rings. The number of rotatable bonds is 4. The molecule has 1 heterocycles. The van der Waals surface area contributed by atoms with Crippen molar-refractivity contribution >= 4 is 29.1 Å². The standard InChI is InChI=1S/C11H11Cl2N5O/c12-7-1-2-10(9(13)3-7)18-6-8(16-17-18)5-15-11(19)4-14/h1-3,6H,4-5,14H2,(H,15,19). The first-order valence-corrected chi connectivity index (χ1v) is 6.19. The molecular weight excluding hydrogens is 289 g/mol. The smallest absolute Gasteiger partial charge is 0.234 e. The number of carbonyl (C=O) groups excluding carboxylic acids is 1. The Hall–Kier alpha value is -1.63. The summed E-state index contributed by atoms with van der Waals surface area (Å²) in [5, 5.41) is 11.5. The second-order valence-electron chi connectivity index (χ2n) is 3.73. The molecular formula is C11H11Cl2N5O. The first-order valence-electron chi connectivity index (χ1n) is 5.43. The molecule has 6 nitrogen and oxygen atoms in total. The lowest BCUT2D eigenvalue weighted by molar-refractivity contribution is -0.119. The van der Waals surface area contributed by atoms with Gasteiger partial charge in [0.25, 0.3) is 0 Å². The Morgan fingerprint density at radius 2 is 2.21 bits per heavy atom. The van der Waals surface area contributed by atoms with Gasteiger partial charge in [0.1, 0.15) is 5.69 Å². The van der Waals surface area contributed by atoms with Crippen molar-refractivity contribution in [3.8, 4) is 5.69 Å². The number of carbonyl (C=O) groups is 1. The van der Waals surface area contributed by atoms with E-state index in [0.717, 1.165) is 0 Å². The molecule has 1 aromatic heterocycles. The molecule has 0 aliphatic heterocycles. The van der Waals surface area contributed by atoms with E-state index in [2.05, 4.69) is 15.6 Å². The van der Waals surface area contributed by atoms with E-state index >= 15 is 0 Å². The molecule has 0 unspecified atom stereocenters. The Labute approximate surface area is 119 Å². The SMILES string of the molecule is NCC(=O)NCc1cn(-c2ccc(Cl)cc2Cl)nn1. The van der Waals surface area contributed by atoms with Crippen LogP contribution in [0, 0.1) is 0 Å². The molecule has 0 spiro atoms. The Kier molecular flexibility index (Phi) is 4.36. The van der Waals surface area contributed by atoms with E-state index in [1.54, 1.807) is 24.4 Å². The zero-order chi connectivity index (χ0) is 13.8. The van der Waals surface area contributed by atoms with Crippen LogP contribution in [0.5, 0.6) is 0 Å². The van der Waals surface area contributed by atoms with E-state index in [9.17, 15) is 4.79 Å². The Morgan fingerprint density at radius 1 is 1.42 bits per heavy atom. The minimum absolute atomic E-state index is 0.0584. The van der Waals surface area contributed by atoms with Gasteiger partial charge in [-0.05, 0) is 18.2 Å². The van der Waals surface area contributed by atoms with Crippen molar-refractivity contribution in [1.29, 1.82) is 0 Å². The lowest BCUT2D eigenvalue weighted by atomic mass is 10.3. The highest BCUT2D eigenvalue weighted by Gasteiger charge is 2.07. The van der Waals surface area contributed by atoms with Crippen LogP contribution in [0.15, 0.2) is 24.4 Å². The summed E-state index contributed by atoms with van der Waals surface area (Å²) >= 11 is 11.9. The van der Waals surface area contributed by atoms with Crippen molar-refractivity contribution in [1.82, 2.24) is 20.3 Å². The molecule has 100 valence electrons. The van der Waals surface area contributed by atoms with Crippen LogP contribution in [-0.4, -0.2) is 27.4 Å². The maximum atomic E-state index is 11.0. The fourth-order valence-electron chi connectivity index (χ4n) is 1.43. The van der Waals surface area contributed by atoms with Crippen molar-refractivity contribution in [2.24, 2.45) is 5.73 Å². The molecule has 8 heteroatoms. The summed E-state index contributed by atoms with van der Waals surface area (Å²) in [6.45, 7) is 0.207. The second-order valence-corrected chi connectivity index (χ2v) is 4.57. The molecule has 0 saturated carbocycles. The highest BCUT2D eigenvalue weighted by atomic mass is 35.5. The van der Waals surface area contributed by atoms with Crippen LogP contribution in [0.1, 0.15) is 5.69 Å². The van der Waals surface area contributed by atoms with E-state index in [0.29, 0.717) is 21.4 Å². The van der Waals surface area contributed by atoms with Crippen LogP contribution in [0.25, 0.3) is 5.69 Å². The van der Waals surface area contributed by atoms with E-state index in [-0.39, 0.29) is 19.0 Å². The van der Waals surface area contributed by atoms with Gasteiger partial charge in [-0.3, -0.25) is 4.79 Å². The predicted octanol–water partition coefficient (Wildman–Crippen LogP) is 1.15. The number of amides is 1. The van der Waals surface area contributed by atoms with Crippen molar-refractivity contribution < 1.29 is 4.79 Å². The zero-order valence-electron chi connectivity index (χ0n) is 9.81. The van der Waals surface area contributed by atoms with Gasteiger partial charge < -0.3 is 11.1 Å². The average Bonchev–Trinajstić information content (AvgIpc) is 2.84. The minimum Gasteiger partial charge on any atom is -0.349 e. The van der Waals surface area contributed by atoms with Crippen LogP contribution in [0.3, 0.4) is 0 Å². The van der Waals surface area contributed by atoms with E-state index in [4.69, 9.17) is 28.9 Å². The normalized spacial score (nSPS) is 10.5. The summed E-state index contributed by atoms with van der Waals surface area (Å²) in [5.74, 6) is -0.251. The fourth-order valence-corrected chi connectivity index (χ4v) is 1.92. The Balaban J connectivity index is 2.14. The highest BCUT2D eigenvalue weighted by molar-refractivity contribution is 6.35. The summed E-state index contributed by atoms with van der Waals surface area (Å²) in [4.78, 5) is 11.0. The summed E-state index contributed by atoms with van der Waals surface area (Å²) in [6, 6.07) is 5.07. The minimum atomic E-state index is -0.251. The molecule has 0 radical (unpaired) electrons.